The molecule has 8 nitrogen and oxygen atoms in total. The van der Waals surface area contributed by atoms with Gasteiger partial charge in [-0.05, 0) is 167 Å². The van der Waals surface area contributed by atoms with Crippen LogP contribution in [-0.2, 0) is 14.3 Å². The number of carboxylic acid groups (broad SMARTS) is 1. The Morgan fingerprint density at radius 1 is 0.776 bits per heavy atom. The van der Waals surface area contributed by atoms with Crippen LogP contribution in [0.15, 0.2) is 61.2 Å². The number of ether oxygens (including phenoxy) is 3. The second-order valence-electron chi connectivity index (χ2n) is 19.3. The largest absolute Gasteiger partial charge is 0.490 e. The zero-order valence-electron chi connectivity index (χ0n) is 37.2. The SMILES string of the molecule is C=CC(=O)OCC.CC(C)(C)C1CCC(Oc2cccc(C3CCCN(CCC(=O)O)C3)c2)CC1.CC(C)(C)C1CCC(Oc2cccc(C3CCCNC3)c2)CC1. The van der Waals surface area contributed by atoms with Gasteiger partial charge in [0.2, 0.25) is 0 Å². The Labute approximate surface area is 351 Å². The highest BCUT2D eigenvalue weighted by Gasteiger charge is 2.32. The monoisotopic (exact) mass is 803 g/mol. The maximum atomic E-state index is 10.9. The third-order valence-corrected chi connectivity index (χ3v) is 13.0. The highest BCUT2D eigenvalue weighted by atomic mass is 16.5. The lowest BCUT2D eigenvalue weighted by molar-refractivity contribution is -0.138. The summed E-state index contributed by atoms with van der Waals surface area (Å²) in [4.78, 5) is 23.2. The van der Waals surface area contributed by atoms with Gasteiger partial charge >= 0.3 is 11.9 Å². The summed E-state index contributed by atoms with van der Waals surface area (Å²) in [5.74, 6) is 3.79. The topological polar surface area (TPSA) is 97.3 Å². The van der Waals surface area contributed by atoms with Gasteiger partial charge in [-0.3, -0.25) is 4.79 Å². The third-order valence-electron chi connectivity index (χ3n) is 13.0. The molecule has 2 unspecified atom stereocenters. The van der Waals surface area contributed by atoms with Crippen LogP contribution in [0, 0.1) is 22.7 Å². The summed E-state index contributed by atoms with van der Waals surface area (Å²) in [6, 6.07) is 17.5. The van der Waals surface area contributed by atoms with E-state index in [1.165, 1.54) is 75.5 Å². The Hall–Kier alpha value is -3.36. The van der Waals surface area contributed by atoms with Crippen molar-refractivity contribution in [2.24, 2.45) is 22.7 Å². The molecule has 0 amide bonds. The molecule has 2 saturated heterocycles. The van der Waals surface area contributed by atoms with Crippen LogP contribution in [0.25, 0.3) is 0 Å². The van der Waals surface area contributed by atoms with Crippen LogP contribution in [0.3, 0.4) is 0 Å². The van der Waals surface area contributed by atoms with Gasteiger partial charge in [0.05, 0.1) is 25.2 Å². The van der Waals surface area contributed by atoms with Gasteiger partial charge in [0.15, 0.2) is 0 Å². The first kappa shape index (κ1) is 47.3. The maximum absolute atomic E-state index is 10.9. The lowest BCUT2D eigenvalue weighted by Gasteiger charge is -2.37. The number of benzene rings is 2. The molecule has 58 heavy (non-hydrogen) atoms. The summed E-state index contributed by atoms with van der Waals surface area (Å²) < 4.78 is 17.1. The van der Waals surface area contributed by atoms with Crippen molar-refractivity contribution in [1.82, 2.24) is 10.2 Å². The van der Waals surface area contributed by atoms with Crippen LogP contribution in [0.5, 0.6) is 11.5 Å². The zero-order valence-corrected chi connectivity index (χ0v) is 37.2. The highest BCUT2D eigenvalue weighted by Crippen LogP contribution is 2.40. The van der Waals surface area contributed by atoms with E-state index in [9.17, 15) is 9.59 Å². The molecule has 324 valence electrons. The number of carbonyl (C=O) groups is 2. The molecule has 2 heterocycles. The summed E-state index contributed by atoms with van der Waals surface area (Å²) in [6.07, 6.45) is 16.9. The van der Waals surface area contributed by atoms with Crippen molar-refractivity contribution >= 4 is 11.9 Å². The summed E-state index contributed by atoms with van der Waals surface area (Å²) in [5.41, 5.74) is 3.62. The van der Waals surface area contributed by atoms with E-state index in [2.05, 4.69) is 112 Å². The number of carbonyl (C=O) groups excluding carboxylic acids is 1. The van der Waals surface area contributed by atoms with Crippen molar-refractivity contribution in [3.05, 3.63) is 72.3 Å². The second-order valence-corrected chi connectivity index (χ2v) is 19.3. The number of esters is 1. The molecular weight excluding hydrogens is 725 g/mol. The number of piperidine rings is 2. The van der Waals surface area contributed by atoms with Crippen LogP contribution in [0.4, 0.5) is 0 Å². The molecule has 0 bridgehead atoms. The van der Waals surface area contributed by atoms with Crippen molar-refractivity contribution in [2.45, 2.75) is 156 Å². The van der Waals surface area contributed by atoms with Crippen LogP contribution < -0.4 is 14.8 Å². The van der Waals surface area contributed by atoms with Crippen molar-refractivity contribution in [1.29, 1.82) is 0 Å². The molecule has 8 heteroatoms. The molecule has 2 aromatic rings. The van der Waals surface area contributed by atoms with E-state index in [0.29, 0.717) is 48.0 Å². The molecule has 4 fully saturated rings. The Morgan fingerprint density at radius 3 is 1.72 bits per heavy atom. The predicted molar refractivity (Wildman–Crippen MR) is 237 cm³/mol. The van der Waals surface area contributed by atoms with Crippen molar-refractivity contribution < 1.29 is 28.9 Å². The first-order valence-corrected chi connectivity index (χ1v) is 22.6. The number of likely N-dealkylation sites (tertiary alicyclic amines) is 1. The van der Waals surface area contributed by atoms with E-state index < -0.39 is 5.97 Å². The molecule has 0 aromatic heterocycles. The smallest absolute Gasteiger partial charge is 0.330 e. The summed E-state index contributed by atoms with van der Waals surface area (Å²) >= 11 is 0. The summed E-state index contributed by atoms with van der Waals surface area (Å²) in [6.45, 7) is 24.5. The van der Waals surface area contributed by atoms with Gasteiger partial charge in [0.25, 0.3) is 0 Å². The molecule has 0 spiro atoms. The average Bonchev–Trinajstić information content (AvgIpc) is 3.21. The van der Waals surface area contributed by atoms with Gasteiger partial charge in [0.1, 0.15) is 11.5 Å². The van der Waals surface area contributed by atoms with E-state index in [-0.39, 0.29) is 12.4 Å². The fourth-order valence-corrected chi connectivity index (χ4v) is 9.28. The molecular formula is C50H78N2O6. The fraction of sp³-hybridized carbons (Fsp3) is 0.680. The minimum atomic E-state index is -0.710. The van der Waals surface area contributed by atoms with Gasteiger partial charge in [-0.2, -0.15) is 0 Å². The molecule has 2 aliphatic carbocycles. The maximum Gasteiger partial charge on any atom is 0.330 e. The average molecular weight is 803 g/mol. The first-order chi connectivity index (χ1) is 27.6. The molecule has 2 atom stereocenters. The van der Waals surface area contributed by atoms with Crippen LogP contribution in [0.1, 0.15) is 155 Å². The minimum Gasteiger partial charge on any atom is -0.490 e. The molecule has 6 rings (SSSR count). The lowest BCUT2D eigenvalue weighted by atomic mass is 9.72. The van der Waals surface area contributed by atoms with Crippen molar-refractivity contribution in [3.63, 3.8) is 0 Å². The molecule has 2 aliphatic heterocycles. The minimum absolute atomic E-state index is 0.229. The Balaban J connectivity index is 0.000000223. The quantitative estimate of drug-likeness (QED) is 0.171. The zero-order chi connectivity index (χ0) is 42.1. The predicted octanol–water partition coefficient (Wildman–Crippen LogP) is 11.2. The Morgan fingerprint density at radius 2 is 1.29 bits per heavy atom. The van der Waals surface area contributed by atoms with E-state index in [1.54, 1.807) is 6.92 Å². The number of aliphatic carboxylic acids is 1. The fourth-order valence-electron chi connectivity index (χ4n) is 9.28. The molecule has 2 aromatic carbocycles. The van der Waals surface area contributed by atoms with Gasteiger partial charge in [-0.25, -0.2) is 4.79 Å². The van der Waals surface area contributed by atoms with Crippen LogP contribution >= 0.6 is 0 Å². The normalized spacial score (nSPS) is 25.4. The van der Waals surface area contributed by atoms with Crippen molar-refractivity contribution in [2.75, 3.05) is 39.3 Å². The lowest BCUT2D eigenvalue weighted by Crippen LogP contribution is -2.35. The number of nitrogens with one attached hydrogen (secondary N) is 1. The van der Waals surface area contributed by atoms with E-state index in [4.69, 9.17) is 14.6 Å². The Bertz CT molecular complexity index is 1520. The summed E-state index contributed by atoms with van der Waals surface area (Å²) in [5, 5.41) is 12.4. The number of carboxylic acids is 1. The standard InChI is InChI=1S/C24H37NO3.C21H33NO.C5H8O2/c1-24(2,3)20-9-11-21(12-10-20)28-22-8-4-6-18(16-22)19-7-5-14-25(17-19)15-13-23(26)27;1-21(2,3)18-9-11-19(12-10-18)23-20-8-4-6-16(14-20)17-7-5-13-22-15-17;1-3-5(6)7-4-2/h4,6,8,16,19-21H,5,7,9-15,17H2,1-3H3,(H,26,27);4,6,8,14,17-19,22H,5,7,9-13,15H2,1-3H3;3H,1,4H2,2H3. The molecule has 0 radical (unpaired) electrons. The van der Waals surface area contributed by atoms with E-state index in [1.807, 2.05) is 0 Å². The molecule has 4 aliphatic rings. The number of hydrogen-bond donors (Lipinski definition) is 2. The van der Waals surface area contributed by atoms with E-state index in [0.717, 1.165) is 68.3 Å². The highest BCUT2D eigenvalue weighted by molar-refractivity contribution is 5.81. The van der Waals surface area contributed by atoms with Gasteiger partial charge in [-0.1, -0.05) is 72.4 Å². The number of nitrogens with zero attached hydrogens (tertiary/aromatic N) is 1. The number of hydrogen-bond acceptors (Lipinski definition) is 7. The molecule has 2 saturated carbocycles. The van der Waals surface area contributed by atoms with Gasteiger partial charge in [-0.15, -0.1) is 0 Å². The first-order valence-electron chi connectivity index (χ1n) is 22.6. The van der Waals surface area contributed by atoms with Crippen molar-refractivity contribution in [3.8, 4) is 11.5 Å². The van der Waals surface area contributed by atoms with Crippen LogP contribution in [-0.4, -0.2) is 73.5 Å². The number of rotatable bonds is 11. The van der Waals surface area contributed by atoms with Gasteiger partial charge in [0, 0.05) is 25.7 Å². The van der Waals surface area contributed by atoms with Gasteiger partial charge < -0.3 is 29.5 Å². The Kier molecular flexibility index (Phi) is 19.1. The molecule has 2 N–H and O–H groups in total. The third kappa shape index (κ3) is 16.4. The van der Waals surface area contributed by atoms with Crippen LogP contribution in [0.2, 0.25) is 0 Å². The second kappa shape index (κ2) is 23.4. The van der Waals surface area contributed by atoms with E-state index >= 15 is 0 Å². The summed E-state index contributed by atoms with van der Waals surface area (Å²) in [7, 11) is 0.